The van der Waals surface area contributed by atoms with Crippen molar-refractivity contribution in [3.05, 3.63) is 40.5 Å². The third-order valence-corrected chi connectivity index (χ3v) is 4.74. The van der Waals surface area contributed by atoms with Gasteiger partial charge in [0.25, 0.3) is 5.91 Å². The summed E-state index contributed by atoms with van der Waals surface area (Å²) in [4.78, 5) is 24.1. The Bertz CT molecular complexity index is 608. The Morgan fingerprint density at radius 3 is 2.91 bits per heavy atom. The first kappa shape index (κ1) is 15.0. The first-order chi connectivity index (χ1) is 10.8. The van der Waals surface area contributed by atoms with Gasteiger partial charge < -0.3 is 10.2 Å². The molecule has 0 spiro atoms. The molecular weight excluding hydrogens is 296 g/mol. The standard InChI is InChI=1S/C16H20N4OS/c21-16(17-7-6-13-5-4-10-22-13)14-11-15(19-12-18-14)20-8-2-1-3-9-20/h4-5,10-12H,1-3,6-9H2,(H,17,21). The number of rotatable bonds is 5. The van der Waals surface area contributed by atoms with Crippen LogP contribution < -0.4 is 10.2 Å². The number of hydrogen-bond acceptors (Lipinski definition) is 5. The van der Waals surface area contributed by atoms with Gasteiger partial charge in [0, 0.05) is 30.6 Å². The Kier molecular flexibility index (Phi) is 5.00. The maximum Gasteiger partial charge on any atom is 0.270 e. The van der Waals surface area contributed by atoms with Gasteiger partial charge in [-0.25, -0.2) is 9.97 Å². The normalized spacial score (nSPS) is 14.8. The summed E-state index contributed by atoms with van der Waals surface area (Å²) in [6.45, 7) is 2.65. The second-order valence-electron chi connectivity index (χ2n) is 5.39. The van der Waals surface area contributed by atoms with Crippen LogP contribution in [0, 0.1) is 0 Å². The van der Waals surface area contributed by atoms with E-state index in [-0.39, 0.29) is 5.91 Å². The number of aromatic nitrogens is 2. The molecule has 3 rings (SSSR count). The predicted octanol–water partition coefficient (Wildman–Crippen LogP) is 2.50. The second-order valence-corrected chi connectivity index (χ2v) is 6.43. The molecule has 2 aromatic heterocycles. The molecule has 6 heteroatoms. The van der Waals surface area contributed by atoms with Crippen LogP contribution in [0.2, 0.25) is 0 Å². The summed E-state index contributed by atoms with van der Waals surface area (Å²) in [6, 6.07) is 5.90. The molecule has 0 radical (unpaired) electrons. The van der Waals surface area contributed by atoms with Gasteiger partial charge in [0.1, 0.15) is 17.8 Å². The quantitative estimate of drug-likeness (QED) is 0.921. The Morgan fingerprint density at radius 2 is 2.14 bits per heavy atom. The van der Waals surface area contributed by atoms with E-state index in [2.05, 4.69) is 26.3 Å². The molecule has 5 nitrogen and oxygen atoms in total. The highest BCUT2D eigenvalue weighted by molar-refractivity contribution is 7.09. The van der Waals surface area contributed by atoms with Crippen molar-refractivity contribution < 1.29 is 4.79 Å². The minimum atomic E-state index is -0.128. The minimum Gasteiger partial charge on any atom is -0.357 e. The number of amides is 1. The molecular formula is C16H20N4OS. The van der Waals surface area contributed by atoms with E-state index >= 15 is 0 Å². The van der Waals surface area contributed by atoms with Gasteiger partial charge in [-0.3, -0.25) is 4.79 Å². The summed E-state index contributed by atoms with van der Waals surface area (Å²) >= 11 is 1.71. The van der Waals surface area contributed by atoms with Crippen LogP contribution in [0.3, 0.4) is 0 Å². The van der Waals surface area contributed by atoms with Gasteiger partial charge in [0.05, 0.1) is 0 Å². The highest BCUT2D eigenvalue weighted by Gasteiger charge is 2.15. The Morgan fingerprint density at radius 1 is 1.27 bits per heavy atom. The summed E-state index contributed by atoms with van der Waals surface area (Å²) in [7, 11) is 0. The van der Waals surface area contributed by atoms with E-state index in [0.717, 1.165) is 25.3 Å². The molecule has 1 amide bonds. The summed E-state index contributed by atoms with van der Waals surface area (Å²) in [5.41, 5.74) is 0.446. The van der Waals surface area contributed by atoms with E-state index in [9.17, 15) is 4.79 Å². The highest BCUT2D eigenvalue weighted by atomic mass is 32.1. The van der Waals surface area contributed by atoms with Gasteiger partial charge in [-0.2, -0.15) is 0 Å². The molecule has 1 fully saturated rings. The van der Waals surface area contributed by atoms with Crippen molar-refractivity contribution in [3.8, 4) is 0 Å². The van der Waals surface area contributed by atoms with Crippen molar-refractivity contribution in [2.75, 3.05) is 24.5 Å². The molecule has 0 saturated carbocycles. The van der Waals surface area contributed by atoms with Crippen molar-refractivity contribution in [1.29, 1.82) is 0 Å². The molecule has 0 bridgehead atoms. The van der Waals surface area contributed by atoms with Gasteiger partial charge in [-0.1, -0.05) is 6.07 Å². The lowest BCUT2D eigenvalue weighted by molar-refractivity contribution is 0.0949. The van der Waals surface area contributed by atoms with Gasteiger partial charge in [-0.15, -0.1) is 11.3 Å². The first-order valence-corrected chi connectivity index (χ1v) is 8.58. The predicted molar refractivity (Wildman–Crippen MR) is 88.5 cm³/mol. The average Bonchev–Trinajstić information content (AvgIpc) is 3.09. The molecule has 1 saturated heterocycles. The van der Waals surface area contributed by atoms with Gasteiger partial charge in [0.15, 0.2) is 0 Å². The van der Waals surface area contributed by atoms with Crippen molar-refractivity contribution in [1.82, 2.24) is 15.3 Å². The summed E-state index contributed by atoms with van der Waals surface area (Å²) in [6.07, 6.45) is 5.99. The van der Waals surface area contributed by atoms with Gasteiger partial charge >= 0.3 is 0 Å². The fraction of sp³-hybridized carbons (Fsp3) is 0.438. The lowest BCUT2D eigenvalue weighted by Crippen LogP contribution is -2.31. The maximum absolute atomic E-state index is 12.2. The lowest BCUT2D eigenvalue weighted by atomic mass is 10.1. The number of anilines is 1. The zero-order valence-corrected chi connectivity index (χ0v) is 13.3. The van der Waals surface area contributed by atoms with Gasteiger partial charge in [-0.05, 0) is 37.1 Å². The smallest absolute Gasteiger partial charge is 0.270 e. The molecule has 0 unspecified atom stereocenters. The van der Waals surface area contributed by atoms with E-state index < -0.39 is 0 Å². The molecule has 116 valence electrons. The van der Waals surface area contributed by atoms with Crippen LogP contribution in [0.1, 0.15) is 34.6 Å². The van der Waals surface area contributed by atoms with E-state index in [1.165, 1.54) is 30.5 Å². The number of nitrogens with zero attached hydrogens (tertiary/aromatic N) is 3. The van der Waals surface area contributed by atoms with Crippen molar-refractivity contribution in [2.24, 2.45) is 0 Å². The van der Waals surface area contributed by atoms with E-state index in [4.69, 9.17) is 0 Å². The Labute approximate surface area is 134 Å². The van der Waals surface area contributed by atoms with Crippen molar-refractivity contribution in [2.45, 2.75) is 25.7 Å². The third kappa shape index (κ3) is 3.82. The van der Waals surface area contributed by atoms with Crippen molar-refractivity contribution in [3.63, 3.8) is 0 Å². The summed E-state index contributed by atoms with van der Waals surface area (Å²) in [5.74, 6) is 0.732. The van der Waals surface area contributed by atoms with E-state index in [1.54, 1.807) is 17.4 Å². The summed E-state index contributed by atoms with van der Waals surface area (Å²) in [5, 5.41) is 4.97. The molecule has 0 atom stereocenters. The molecule has 22 heavy (non-hydrogen) atoms. The fourth-order valence-corrected chi connectivity index (χ4v) is 3.32. The third-order valence-electron chi connectivity index (χ3n) is 3.80. The van der Waals surface area contributed by atoms with Crippen LogP contribution in [0.15, 0.2) is 29.9 Å². The van der Waals surface area contributed by atoms with Crippen LogP contribution in [0.25, 0.3) is 0 Å². The number of piperidine rings is 1. The number of nitrogens with one attached hydrogen (secondary N) is 1. The van der Waals surface area contributed by atoms with E-state index in [1.807, 2.05) is 11.4 Å². The monoisotopic (exact) mass is 316 g/mol. The number of carbonyl (C=O) groups excluding carboxylic acids is 1. The zero-order chi connectivity index (χ0) is 15.2. The van der Waals surface area contributed by atoms with Crippen LogP contribution >= 0.6 is 11.3 Å². The van der Waals surface area contributed by atoms with Crippen LogP contribution in [0.5, 0.6) is 0 Å². The number of thiophene rings is 1. The number of carbonyl (C=O) groups is 1. The highest BCUT2D eigenvalue weighted by Crippen LogP contribution is 2.17. The molecule has 1 N–H and O–H groups in total. The Balaban J connectivity index is 1.57. The fourth-order valence-electron chi connectivity index (χ4n) is 2.61. The largest absolute Gasteiger partial charge is 0.357 e. The lowest BCUT2D eigenvalue weighted by Gasteiger charge is -2.27. The zero-order valence-electron chi connectivity index (χ0n) is 12.5. The second kappa shape index (κ2) is 7.35. The molecule has 0 aliphatic carbocycles. The number of hydrogen-bond donors (Lipinski definition) is 1. The molecule has 3 heterocycles. The SMILES string of the molecule is O=C(NCCc1cccs1)c1cc(N2CCCCC2)ncn1. The van der Waals surface area contributed by atoms with Crippen LogP contribution in [-0.2, 0) is 6.42 Å². The minimum absolute atomic E-state index is 0.128. The van der Waals surface area contributed by atoms with Gasteiger partial charge in [0.2, 0.25) is 0 Å². The van der Waals surface area contributed by atoms with Crippen molar-refractivity contribution >= 4 is 23.1 Å². The van der Waals surface area contributed by atoms with E-state index in [0.29, 0.717) is 12.2 Å². The Hall–Kier alpha value is -1.95. The molecule has 1 aliphatic rings. The summed E-state index contributed by atoms with van der Waals surface area (Å²) < 4.78 is 0. The average molecular weight is 316 g/mol. The molecule has 0 aromatic carbocycles. The first-order valence-electron chi connectivity index (χ1n) is 7.70. The topological polar surface area (TPSA) is 58.1 Å². The van der Waals surface area contributed by atoms with Crippen LogP contribution in [-0.4, -0.2) is 35.5 Å². The maximum atomic E-state index is 12.2. The molecule has 2 aromatic rings. The van der Waals surface area contributed by atoms with Crippen LogP contribution in [0.4, 0.5) is 5.82 Å². The molecule has 1 aliphatic heterocycles.